The summed E-state index contributed by atoms with van der Waals surface area (Å²) in [6.45, 7) is 1.91. The average Bonchev–Trinajstić information content (AvgIpc) is 2.59. The van der Waals surface area contributed by atoms with E-state index >= 15 is 0 Å². The lowest BCUT2D eigenvalue weighted by molar-refractivity contribution is 0.766. The largest absolute Gasteiger partial charge is 0.383 e. The van der Waals surface area contributed by atoms with Crippen molar-refractivity contribution in [2.75, 3.05) is 5.73 Å². The summed E-state index contributed by atoms with van der Waals surface area (Å²) in [5.74, 6) is 0.524. The molecule has 0 spiro atoms. The summed E-state index contributed by atoms with van der Waals surface area (Å²) in [6, 6.07) is 0. The van der Waals surface area contributed by atoms with Crippen LogP contribution in [-0.4, -0.2) is 19.7 Å². The molecule has 0 aromatic carbocycles. The van der Waals surface area contributed by atoms with Crippen molar-refractivity contribution in [2.24, 2.45) is 7.05 Å². The van der Waals surface area contributed by atoms with Crippen LogP contribution in [0.2, 0.25) is 0 Å². The van der Waals surface area contributed by atoms with E-state index in [1.165, 1.54) is 18.1 Å². The highest BCUT2D eigenvalue weighted by Crippen LogP contribution is 2.28. The zero-order valence-electron chi connectivity index (χ0n) is 8.51. The first kappa shape index (κ1) is 9.97. The van der Waals surface area contributed by atoms with E-state index in [4.69, 9.17) is 5.73 Å². The quantitative estimate of drug-likeness (QED) is 0.773. The fourth-order valence-electron chi connectivity index (χ4n) is 1.11. The minimum absolute atomic E-state index is 0.524. The molecule has 5 nitrogen and oxygen atoms in total. The molecule has 2 heterocycles. The molecule has 0 amide bonds. The van der Waals surface area contributed by atoms with Crippen LogP contribution in [0.1, 0.15) is 5.56 Å². The molecule has 2 N–H and O–H groups in total. The number of aromatic nitrogens is 4. The van der Waals surface area contributed by atoms with Crippen molar-refractivity contribution in [1.82, 2.24) is 19.7 Å². The third-order valence-corrected chi connectivity index (χ3v) is 3.02. The Morgan fingerprint density at radius 3 is 2.87 bits per heavy atom. The summed E-state index contributed by atoms with van der Waals surface area (Å²) in [4.78, 5) is 9.14. The van der Waals surface area contributed by atoms with E-state index in [2.05, 4.69) is 15.1 Å². The van der Waals surface area contributed by atoms with Crippen LogP contribution in [0.3, 0.4) is 0 Å². The molecule has 2 aromatic heterocycles. The SMILES string of the molecule is Cc1c(N)ncnc1Sc1cnn(C)c1. The van der Waals surface area contributed by atoms with Gasteiger partial charge in [0.05, 0.1) is 11.1 Å². The second-order valence-corrected chi connectivity index (χ2v) is 4.20. The van der Waals surface area contributed by atoms with E-state index < -0.39 is 0 Å². The standard InChI is InChI=1S/C9H11N5S/c1-6-8(10)11-5-12-9(6)15-7-3-13-14(2)4-7/h3-5H,1-2H3,(H2,10,11,12). The smallest absolute Gasteiger partial charge is 0.130 e. The van der Waals surface area contributed by atoms with Crippen LogP contribution in [0.25, 0.3) is 0 Å². The van der Waals surface area contributed by atoms with Gasteiger partial charge in [0.1, 0.15) is 17.2 Å². The molecule has 0 saturated heterocycles. The second-order valence-electron chi connectivity index (χ2n) is 3.14. The van der Waals surface area contributed by atoms with Gasteiger partial charge in [0.2, 0.25) is 0 Å². The molecule has 0 radical (unpaired) electrons. The number of aryl methyl sites for hydroxylation is 1. The van der Waals surface area contributed by atoms with Crippen LogP contribution in [0, 0.1) is 6.92 Å². The first-order valence-corrected chi connectivity index (χ1v) is 5.22. The minimum Gasteiger partial charge on any atom is -0.383 e. The molecule has 0 aliphatic rings. The molecule has 2 rings (SSSR count). The highest BCUT2D eigenvalue weighted by atomic mass is 32.2. The van der Waals surface area contributed by atoms with Crippen LogP contribution in [0.4, 0.5) is 5.82 Å². The van der Waals surface area contributed by atoms with Gasteiger partial charge in [0.25, 0.3) is 0 Å². The fourth-order valence-corrected chi connectivity index (χ4v) is 2.00. The van der Waals surface area contributed by atoms with Crippen LogP contribution in [0.5, 0.6) is 0 Å². The Morgan fingerprint density at radius 1 is 1.40 bits per heavy atom. The Balaban J connectivity index is 2.28. The molecule has 15 heavy (non-hydrogen) atoms. The number of nitrogens with two attached hydrogens (primary N) is 1. The molecule has 2 aromatic rings. The van der Waals surface area contributed by atoms with Crippen molar-refractivity contribution in [2.45, 2.75) is 16.8 Å². The number of anilines is 1. The third-order valence-electron chi connectivity index (χ3n) is 1.97. The van der Waals surface area contributed by atoms with E-state index in [1.807, 2.05) is 20.2 Å². The summed E-state index contributed by atoms with van der Waals surface area (Å²) < 4.78 is 1.75. The van der Waals surface area contributed by atoms with E-state index in [-0.39, 0.29) is 0 Å². The molecular weight excluding hydrogens is 210 g/mol. The highest BCUT2D eigenvalue weighted by Gasteiger charge is 2.07. The predicted molar refractivity (Wildman–Crippen MR) is 58.5 cm³/mol. The third kappa shape index (κ3) is 2.10. The van der Waals surface area contributed by atoms with Gasteiger partial charge in [0.15, 0.2) is 0 Å². The lowest BCUT2D eigenvalue weighted by Crippen LogP contribution is -1.97. The zero-order chi connectivity index (χ0) is 10.8. The molecule has 0 atom stereocenters. The summed E-state index contributed by atoms with van der Waals surface area (Å²) in [5.41, 5.74) is 6.60. The Morgan fingerprint density at radius 2 is 2.20 bits per heavy atom. The van der Waals surface area contributed by atoms with Crippen molar-refractivity contribution >= 4 is 17.6 Å². The minimum atomic E-state index is 0.524. The van der Waals surface area contributed by atoms with Crippen molar-refractivity contribution in [3.8, 4) is 0 Å². The topological polar surface area (TPSA) is 69.6 Å². The van der Waals surface area contributed by atoms with Gasteiger partial charge in [-0.1, -0.05) is 11.8 Å². The maximum absolute atomic E-state index is 5.69. The first-order valence-electron chi connectivity index (χ1n) is 4.40. The monoisotopic (exact) mass is 221 g/mol. The number of nitrogen functional groups attached to an aromatic ring is 1. The summed E-state index contributed by atoms with van der Waals surface area (Å²) in [6.07, 6.45) is 5.20. The normalized spacial score (nSPS) is 10.5. The summed E-state index contributed by atoms with van der Waals surface area (Å²) in [7, 11) is 1.88. The molecule has 0 fully saturated rings. The van der Waals surface area contributed by atoms with E-state index in [1.54, 1.807) is 10.9 Å². The summed E-state index contributed by atoms with van der Waals surface area (Å²) in [5, 5.41) is 4.96. The molecular formula is C9H11N5S. The Hall–Kier alpha value is -1.56. The lowest BCUT2D eigenvalue weighted by Gasteiger charge is -2.03. The summed E-state index contributed by atoms with van der Waals surface area (Å²) >= 11 is 1.53. The number of hydrogen-bond acceptors (Lipinski definition) is 5. The van der Waals surface area contributed by atoms with Gasteiger partial charge < -0.3 is 5.73 Å². The van der Waals surface area contributed by atoms with Crippen molar-refractivity contribution in [3.63, 3.8) is 0 Å². The number of hydrogen-bond donors (Lipinski definition) is 1. The Kier molecular flexibility index (Phi) is 2.59. The van der Waals surface area contributed by atoms with Gasteiger partial charge in [-0.25, -0.2) is 9.97 Å². The first-order chi connectivity index (χ1) is 7.16. The fraction of sp³-hybridized carbons (Fsp3) is 0.222. The van der Waals surface area contributed by atoms with Crippen LogP contribution >= 0.6 is 11.8 Å². The van der Waals surface area contributed by atoms with E-state index in [9.17, 15) is 0 Å². The molecule has 0 unspecified atom stereocenters. The predicted octanol–water partition coefficient (Wildman–Crippen LogP) is 1.25. The van der Waals surface area contributed by atoms with Crippen molar-refractivity contribution < 1.29 is 0 Å². The second kappa shape index (κ2) is 3.90. The van der Waals surface area contributed by atoms with Crippen LogP contribution < -0.4 is 5.73 Å². The molecule has 0 bridgehead atoms. The van der Waals surface area contributed by atoms with Crippen molar-refractivity contribution in [3.05, 3.63) is 24.3 Å². The zero-order valence-corrected chi connectivity index (χ0v) is 9.32. The maximum atomic E-state index is 5.69. The van der Waals surface area contributed by atoms with Gasteiger partial charge in [-0.15, -0.1) is 0 Å². The Bertz CT molecular complexity index is 479. The van der Waals surface area contributed by atoms with E-state index in [0.29, 0.717) is 5.82 Å². The van der Waals surface area contributed by atoms with Gasteiger partial charge >= 0.3 is 0 Å². The molecule has 0 aliphatic carbocycles. The number of rotatable bonds is 2. The highest BCUT2D eigenvalue weighted by molar-refractivity contribution is 7.99. The Labute approximate surface area is 91.7 Å². The molecule has 0 aliphatic heterocycles. The average molecular weight is 221 g/mol. The van der Waals surface area contributed by atoms with Gasteiger partial charge in [-0.05, 0) is 6.92 Å². The lowest BCUT2D eigenvalue weighted by atomic mass is 10.4. The van der Waals surface area contributed by atoms with Crippen LogP contribution in [-0.2, 0) is 7.05 Å². The molecule has 0 saturated carbocycles. The molecule has 6 heteroatoms. The number of nitrogens with zero attached hydrogens (tertiary/aromatic N) is 4. The van der Waals surface area contributed by atoms with Crippen LogP contribution in [0.15, 0.2) is 28.6 Å². The van der Waals surface area contributed by atoms with Crippen molar-refractivity contribution in [1.29, 1.82) is 0 Å². The van der Waals surface area contributed by atoms with Gasteiger partial charge in [-0.3, -0.25) is 4.68 Å². The van der Waals surface area contributed by atoms with Gasteiger partial charge in [-0.2, -0.15) is 5.10 Å². The van der Waals surface area contributed by atoms with Gasteiger partial charge in [0, 0.05) is 18.8 Å². The molecule has 78 valence electrons. The maximum Gasteiger partial charge on any atom is 0.130 e. The van der Waals surface area contributed by atoms with E-state index in [0.717, 1.165) is 15.5 Å².